The molecule has 0 spiro atoms. The van der Waals surface area contributed by atoms with E-state index in [0.29, 0.717) is 65.2 Å². The number of hydrogen-bond donors (Lipinski definition) is 2. The number of anilines is 6. The summed E-state index contributed by atoms with van der Waals surface area (Å²) in [4.78, 5) is 50.1. The summed E-state index contributed by atoms with van der Waals surface area (Å²) in [6.45, 7) is 4.74. The summed E-state index contributed by atoms with van der Waals surface area (Å²) < 4.78 is 16.7. The molecule has 0 atom stereocenters. The highest BCUT2D eigenvalue weighted by Crippen LogP contribution is 2.47. The van der Waals surface area contributed by atoms with Gasteiger partial charge in [-0.25, -0.2) is 19.9 Å². The quantitative estimate of drug-likeness (QED) is 0.0571. The number of hydrogen-bond acceptors (Lipinski definition) is 16. The van der Waals surface area contributed by atoms with Crippen molar-refractivity contribution in [2.75, 3.05) is 103 Å². The number of nitrogens with one attached hydrogen (secondary N) is 2. The summed E-state index contributed by atoms with van der Waals surface area (Å²) in [5.74, 6) is 2.11. The maximum atomic E-state index is 12.1. The molecule has 20 nitrogen and oxygen atoms in total. The van der Waals surface area contributed by atoms with Crippen molar-refractivity contribution in [3.8, 4) is 34.0 Å². The lowest BCUT2D eigenvalue weighted by molar-refractivity contribution is -0.384. The number of para-hydroxylation sites is 2. The van der Waals surface area contributed by atoms with Crippen molar-refractivity contribution < 1.29 is 20.7 Å². The molecule has 408 valence electrons. The van der Waals surface area contributed by atoms with E-state index in [0.717, 1.165) is 103 Å². The maximum Gasteiger partial charge on any atom is 0.294 e. The Morgan fingerprint density at radius 1 is 0.667 bits per heavy atom. The average Bonchev–Trinajstić information content (AvgIpc) is 4.17. The molecule has 2 aliphatic heterocycles. The molecule has 0 bridgehead atoms. The number of nitro benzene ring substituents is 2. The normalized spacial score (nSPS) is 13.6. The van der Waals surface area contributed by atoms with Gasteiger partial charge in [0.05, 0.1) is 62.3 Å². The molecule has 0 radical (unpaired) electrons. The number of likely N-dealkylation sites (N-methyl/N-ethyl adjacent to an activating group) is 4. The molecule has 2 N–H and O–H groups in total. The Morgan fingerprint density at radius 3 is 1.58 bits per heavy atom. The number of aromatic nitrogens is 6. The molecule has 1 aliphatic carbocycles. The summed E-state index contributed by atoms with van der Waals surface area (Å²) in [6.07, 6.45) is 14.7. The monoisotopic (exact) mass is 1120 g/mol. The van der Waals surface area contributed by atoms with Crippen LogP contribution >= 0.6 is 15.9 Å². The van der Waals surface area contributed by atoms with E-state index in [1.807, 2.05) is 68.1 Å². The average molecular weight is 1120 g/mol. The van der Waals surface area contributed by atoms with E-state index in [2.05, 4.69) is 94.5 Å². The SMILES string of the molecule is COc1cc(N(C)CCN(C)C)c([N+](=O)[O-])cc1Nc1ncc(Br)c(-c2cn3c4c(cccc24)CCC3)n1.COc1cc(N(C)CCN(C)C)c([N+](=O)[O-])cc1Nc1ncc(C2CC2)c(-c2cn3c4c(cccc24)CCC3)n1.[HH]. The van der Waals surface area contributed by atoms with Crippen LogP contribution in [0.1, 0.15) is 49.7 Å². The summed E-state index contributed by atoms with van der Waals surface area (Å²) in [6, 6.07) is 19.3. The van der Waals surface area contributed by atoms with Crippen LogP contribution in [0.25, 0.3) is 44.3 Å². The van der Waals surface area contributed by atoms with E-state index >= 15 is 0 Å². The third kappa shape index (κ3) is 11.0. The van der Waals surface area contributed by atoms with E-state index in [4.69, 9.17) is 19.4 Å². The Bertz CT molecular complexity index is 3580. The Balaban J connectivity index is 0.000000190. The zero-order valence-electron chi connectivity index (χ0n) is 45.3. The topological polar surface area (TPSA) is 203 Å². The van der Waals surface area contributed by atoms with Crippen molar-refractivity contribution in [2.45, 2.75) is 57.5 Å². The van der Waals surface area contributed by atoms with Gasteiger partial charge >= 0.3 is 0 Å². The van der Waals surface area contributed by atoms with Gasteiger partial charge in [0.2, 0.25) is 11.9 Å². The molecule has 8 aromatic rings. The van der Waals surface area contributed by atoms with Gasteiger partial charge in [0.15, 0.2) is 0 Å². The lowest BCUT2D eigenvalue weighted by Crippen LogP contribution is -2.28. The molecule has 78 heavy (non-hydrogen) atoms. The second-order valence-electron chi connectivity index (χ2n) is 20.8. The number of nitro groups is 2. The predicted octanol–water partition coefficient (Wildman–Crippen LogP) is 11.3. The Hall–Kier alpha value is -7.88. The minimum Gasteiger partial charge on any atom is -0.494 e. The standard InChI is InChI=1S/C30H35N7O3.C27H30BrN7O3.H2/c1-34(2)13-14-35(3)25-16-27(40-4)24(15-26(25)37(38)39)32-30-31-17-22(19-10-11-19)28(33-30)23-18-36-12-6-8-20-7-5-9-21(23)29(20)36;1-32(2)11-12-33(3)22-14-24(38-4)21(13-23(22)35(36)37)30-27-29-15-20(28)25(31-27)19-16-34-10-6-8-17-7-5-9-18(19)26(17)34;/h5,7,9,15-19H,6,8,10-14H2,1-4H3,(H,31,32,33);5,7,9,13-16H,6,8,10-12H2,1-4H3,(H,29,30,31);1H. The maximum absolute atomic E-state index is 12.1. The highest BCUT2D eigenvalue weighted by molar-refractivity contribution is 9.10. The van der Waals surface area contributed by atoms with Gasteiger partial charge in [-0.3, -0.25) is 20.2 Å². The summed E-state index contributed by atoms with van der Waals surface area (Å²) >= 11 is 3.63. The van der Waals surface area contributed by atoms with Gasteiger partial charge < -0.3 is 48.8 Å². The van der Waals surface area contributed by atoms with Crippen LogP contribution in [0.2, 0.25) is 0 Å². The molecule has 11 rings (SSSR count). The second kappa shape index (κ2) is 22.6. The third-order valence-corrected chi connectivity index (χ3v) is 15.4. The summed E-state index contributed by atoms with van der Waals surface area (Å²) in [5.41, 5.74) is 12.0. The van der Waals surface area contributed by atoms with Crippen LogP contribution in [-0.2, 0) is 25.9 Å². The van der Waals surface area contributed by atoms with Crippen LogP contribution in [0.5, 0.6) is 11.5 Å². The van der Waals surface area contributed by atoms with E-state index < -0.39 is 0 Å². The lowest BCUT2D eigenvalue weighted by atomic mass is 10.00. The number of halogens is 1. The summed E-state index contributed by atoms with van der Waals surface area (Å²) in [5, 5.41) is 32.8. The zero-order chi connectivity index (χ0) is 54.9. The molecule has 0 unspecified atom stereocenters. The first-order valence-corrected chi connectivity index (χ1v) is 27.0. The zero-order valence-corrected chi connectivity index (χ0v) is 46.9. The minimum absolute atomic E-state index is 0. The van der Waals surface area contributed by atoms with Crippen LogP contribution in [0.15, 0.2) is 89.9 Å². The first-order chi connectivity index (χ1) is 37.6. The van der Waals surface area contributed by atoms with Gasteiger partial charge in [-0.1, -0.05) is 36.4 Å². The molecule has 3 aliphatic rings. The van der Waals surface area contributed by atoms with Crippen molar-refractivity contribution in [2.24, 2.45) is 0 Å². The van der Waals surface area contributed by atoms with Crippen LogP contribution in [0, 0.1) is 20.2 Å². The summed E-state index contributed by atoms with van der Waals surface area (Å²) in [7, 11) is 14.7. The van der Waals surface area contributed by atoms with E-state index in [1.54, 1.807) is 25.4 Å². The number of benzene rings is 4. The highest BCUT2D eigenvalue weighted by atomic mass is 79.9. The van der Waals surface area contributed by atoms with Crippen LogP contribution in [-0.4, -0.2) is 131 Å². The number of nitrogens with zero attached hydrogens (tertiary/aromatic N) is 12. The van der Waals surface area contributed by atoms with Gasteiger partial charge in [0, 0.05) is 131 Å². The van der Waals surface area contributed by atoms with E-state index in [9.17, 15) is 20.2 Å². The van der Waals surface area contributed by atoms with E-state index in [1.165, 1.54) is 46.8 Å². The largest absolute Gasteiger partial charge is 0.494 e. The lowest BCUT2D eigenvalue weighted by Gasteiger charge is -2.22. The number of rotatable bonds is 19. The Morgan fingerprint density at radius 2 is 1.13 bits per heavy atom. The molecule has 0 amide bonds. The van der Waals surface area contributed by atoms with Gasteiger partial charge in [0.1, 0.15) is 22.9 Å². The molecule has 21 heteroatoms. The van der Waals surface area contributed by atoms with Gasteiger partial charge in [-0.2, -0.15) is 0 Å². The Kier molecular flexibility index (Phi) is 15.5. The third-order valence-electron chi connectivity index (χ3n) is 14.8. The Labute approximate surface area is 462 Å². The molecule has 6 heterocycles. The van der Waals surface area contributed by atoms with Gasteiger partial charge in [0.25, 0.3) is 11.4 Å². The van der Waals surface area contributed by atoms with Crippen molar-refractivity contribution in [3.63, 3.8) is 0 Å². The predicted molar refractivity (Wildman–Crippen MR) is 314 cm³/mol. The smallest absolute Gasteiger partial charge is 0.294 e. The van der Waals surface area contributed by atoms with E-state index in [-0.39, 0.29) is 22.6 Å². The molecular weight excluding hydrogens is 1060 g/mol. The molecule has 1 saturated carbocycles. The van der Waals surface area contributed by atoms with Crippen molar-refractivity contribution in [1.29, 1.82) is 0 Å². The molecular formula is C57H67BrN14O6. The fraction of sp³-hybridized carbons (Fsp3) is 0.368. The first-order valence-electron chi connectivity index (χ1n) is 26.2. The number of aryl methyl sites for hydroxylation is 4. The van der Waals surface area contributed by atoms with Crippen molar-refractivity contribution >= 4 is 83.8 Å². The van der Waals surface area contributed by atoms with Crippen LogP contribution < -0.4 is 29.9 Å². The van der Waals surface area contributed by atoms with Crippen molar-refractivity contribution in [1.82, 2.24) is 38.9 Å². The molecule has 0 saturated heterocycles. The molecule has 1 fully saturated rings. The van der Waals surface area contributed by atoms with Gasteiger partial charge in [-0.15, -0.1) is 0 Å². The van der Waals surface area contributed by atoms with Crippen LogP contribution in [0.3, 0.4) is 0 Å². The molecule has 4 aromatic heterocycles. The van der Waals surface area contributed by atoms with Crippen molar-refractivity contribution in [3.05, 3.63) is 127 Å². The van der Waals surface area contributed by atoms with Gasteiger partial charge in [-0.05, 0) is 99.7 Å². The number of ether oxygens (including phenoxy) is 2. The minimum atomic E-state index is -0.381. The number of methoxy groups -OCH3 is 2. The fourth-order valence-electron chi connectivity index (χ4n) is 10.6. The second-order valence-corrected chi connectivity index (χ2v) is 21.6. The van der Waals surface area contributed by atoms with Crippen LogP contribution in [0.4, 0.5) is 46.0 Å². The molecule has 4 aromatic carbocycles. The highest BCUT2D eigenvalue weighted by Gasteiger charge is 2.31. The first kappa shape index (κ1) is 53.5. The fourth-order valence-corrected chi connectivity index (χ4v) is 11.0.